The van der Waals surface area contributed by atoms with E-state index in [0.29, 0.717) is 5.69 Å². The number of esters is 1. The fourth-order valence-corrected chi connectivity index (χ4v) is 2.38. The SMILES string of the molecule is COC(=O)c1[nH]c2c(C)cccc2c1I. The first-order valence-corrected chi connectivity index (χ1v) is 5.58. The summed E-state index contributed by atoms with van der Waals surface area (Å²) < 4.78 is 5.63. The molecule has 4 heteroatoms. The molecular formula is C11H10INO2. The minimum Gasteiger partial charge on any atom is -0.464 e. The number of rotatable bonds is 1. The lowest BCUT2D eigenvalue weighted by Gasteiger charge is -1.94. The standard InChI is InChI=1S/C11H10INO2/c1-6-4-3-5-7-8(12)10(11(14)15-2)13-9(6)7/h3-5,13H,1-2H3. The van der Waals surface area contributed by atoms with Gasteiger partial charge in [-0.3, -0.25) is 0 Å². The molecule has 0 aliphatic carbocycles. The second-order valence-corrected chi connectivity index (χ2v) is 4.38. The van der Waals surface area contributed by atoms with E-state index in [1.165, 1.54) is 7.11 Å². The van der Waals surface area contributed by atoms with Crippen LogP contribution in [0.1, 0.15) is 16.1 Å². The van der Waals surface area contributed by atoms with Crippen LogP contribution in [0.5, 0.6) is 0 Å². The van der Waals surface area contributed by atoms with Crippen LogP contribution in [-0.4, -0.2) is 18.1 Å². The Morgan fingerprint density at radius 2 is 2.20 bits per heavy atom. The molecule has 0 fully saturated rings. The molecule has 0 radical (unpaired) electrons. The second-order valence-electron chi connectivity index (χ2n) is 3.30. The van der Waals surface area contributed by atoms with Gasteiger partial charge in [-0.15, -0.1) is 0 Å². The van der Waals surface area contributed by atoms with Gasteiger partial charge in [0.1, 0.15) is 5.69 Å². The van der Waals surface area contributed by atoms with Crippen molar-refractivity contribution < 1.29 is 9.53 Å². The minimum atomic E-state index is -0.324. The number of benzene rings is 1. The van der Waals surface area contributed by atoms with Gasteiger partial charge in [0.25, 0.3) is 0 Å². The summed E-state index contributed by atoms with van der Waals surface area (Å²) in [6.45, 7) is 2.01. The number of nitrogens with one attached hydrogen (secondary N) is 1. The number of halogens is 1. The van der Waals surface area contributed by atoms with Gasteiger partial charge < -0.3 is 9.72 Å². The van der Waals surface area contributed by atoms with Gasteiger partial charge in [-0.05, 0) is 35.1 Å². The number of aromatic amines is 1. The fraction of sp³-hybridized carbons (Fsp3) is 0.182. The van der Waals surface area contributed by atoms with Crippen LogP contribution in [0.25, 0.3) is 10.9 Å². The summed E-state index contributed by atoms with van der Waals surface area (Å²) in [6, 6.07) is 5.98. The second kappa shape index (κ2) is 3.84. The normalized spacial score (nSPS) is 10.6. The first-order valence-electron chi connectivity index (χ1n) is 4.50. The Hall–Kier alpha value is -1.04. The Kier molecular flexibility index (Phi) is 2.68. The lowest BCUT2D eigenvalue weighted by molar-refractivity contribution is 0.0594. The molecule has 2 aromatic rings. The zero-order chi connectivity index (χ0) is 11.0. The van der Waals surface area contributed by atoms with Crippen molar-refractivity contribution >= 4 is 39.5 Å². The molecule has 78 valence electrons. The number of H-pyrrole nitrogens is 1. The smallest absolute Gasteiger partial charge is 0.355 e. The number of carbonyl (C=O) groups excluding carboxylic acids is 1. The summed E-state index contributed by atoms with van der Waals surface area (Å²) in [5, 5.41) is 1.07. The first-order chi connectivity index (χ1) is 7.15. The molecule has 2 rings (SSSR count). The van der Waals surface area contributed by atoms with Crippen LogP contribution in [0, 0.1) is 10.5 Å². The van der Waals surface area contributed by atoms with Crippen LogP contribution in [0.15, 0.2) is 18.2 Å². The predicted octanol–water partition coefficient (Wildman–Crippen LogP) is 2.87. The molecule has 1 heterocycles. The number of aryl methyl sites for hydroxylation is 1. The maximum Gasteiger partial charge on any atom is 0.355 e. The molecule has 15 heavy (non-hydrogen) atoms. The number of methoxy groups -OCH3 is 1. The summed E-state index contributed by atoms with van der Waals surface area (Å²) in [6.07, 6.45) is 0. The lowest BCUT2D eigenvalue weighted by Crippen LogP contribution is -2.03. The van der Waals surface area contributed by atoms with Gasteiger partial charge in [-0.1, -0.05) is 18.2 Å². The number of fused-ring (bicyclic) bond motifs is 1. The quantitative estimate of drug-likeness (QED) is 0.649. The van der Waals surface area contributed by atoms with E-state index in [2.05, 4.69) is 27.6 Å². The van der Waals surface area contributed by atoms with E-state index in [-0.39, 0.29) is 5.97 Å². The monoisotopic (exact) mass is 315 g/mol. The molecule has 0 bridgehead atoms. The number of carbonyl (C=O) groups is 1. The summed E-state index contributed by atoms with van der Waals surface area (Å²) in [5.41, 5.74) is 2.66. The van der Waals surface area contributed by atoms with Crippen LogP contribution in [0.4, 0.5) is 0 Å². The van der Waals surface area contributed by atoms with E-state index in [0.717, 1.165) is 20.0 Å². The Morgan fingerprint density at radius 1 is 1.47 bits per heavy atom. The highest BCUT2D eigenvalue weighted by Gasteiger charge is 2.16. The van der Waals surface area contributed by atoms with Crippen molar-refractivity contribution in [1.82, 2.24) is 4.98 Å². The van der Waals surface area contributed by atoms with Crippen LogP contribution in [0.2, 0.25) is 0 Å². The molecule has 0 saturated heterocycles. The summed E-state index contributed by atoms with van der Waals surface area (Å²) >= 11 is 2.16. The van der Waals surface area contributed by atoms with E-state index < -0.39 is 0 Å². The third-order valence-corrected chi connectivity index (χ3v) is 3.49. The summed E-state index contributed by atoms with van der Waals surface area (Å²) in [5.74, 6) is -0.324. The van der Waals surface area contributed by atoms with Gasteiger partial charge in [-0.25, -0.2) is 4.79 Å². The van der Waals surface area contributed by atoms with E-state index in [4.69, 9.17) is 4.74 Å². The molecular weight excluding hydrogens is 305 g/mol. The minimum absolute atomic E-state index is 0.324. The predicted molar refractivity (Wildman–Crippen MR) is 67.1 cm³/mol. The Morgan fingerprint density at radius 3 is 2.80 bits per heavy atom. The van der Waals surface area contributed by atoms with Crippen molar-refractivity contribution in [2.45, 2.75) is 6.92 Å². The van der Waals surface area contributed by atoms with Gasteiger partial charge >= 0.3 is 5.97 Å². The lowest BCUT2D eigenvalue weighted by atomic mass is 10.2. The van der Waals surface area contributed by atoms with Crippen molar-refractivity contribution in [2.75, 3.05) is 7.11 Å². The molecule has 1 aromatic heterocycles. The molecule has 0 amide bonds. The summed E-state index contributed by atoms with van der Waals surface area (Å²) in [4.78, 5) is 14.6. The summed E-state index contributed by atoms with van der Waals surface area (Å²) in [7, 11) is 1.39. The van der Waals surface area contributed by atoms with Gasteiger partial charge in [0.05, 0.1) is 16.2 Å². The molecule has 0 aliphatic rings. The van der Waals surface area contributed by atoms with Crippen LogP contribution in [-0.2, 0) is 4.74 Å². The van der Waals surface area contributed by atoms with Crippen molar-refractivity contribution in [3.8, 4) is 0 Å². The highest BCUT2D eigenvalue weighted by molar-refractivity contribution is 14.1. The van der Waals surface area contributed by atoms with E-state index in [1.54, 1.807) is 0 Å². The third kappa shape index (κ3) is 1.62. The molecule has 1 aromatic carbocycles. The van der Waals surface area contributed by atoms with Gasteiger partial charge in [0.2, 0.25) is 0 Å². The maximum atomic E-state index is 11.5. The topological polar surface area (TPSA) is 42.1 Å². The van der Waals surface area contributed by atoms with E-state index in [9.17, 15) is 4.79 Å². The molecule has 0 aliphatic heterocycles. The highest BCUT2D eigenvalue weighted by atomic mass is 127. The van der Waals surface area contributed by atoms with Crippen molar-refractivity contribution in [3.05, 3.63) is 33.0 Å². The van der Waals surface area contributed by atoms with Gasteiger partial charge in [0, 0.05) is 5.39 Å². The largest absolute Gasteiger partial charge is 0.464 e. The maximum absolute atomic E-state index is 11.5. The van der Waals surface area contributed by atoms with Crippen LogP contribution < -0.4 is 0 Å². The molecule has 1 N–H and O–H groups in total. The molecule has 0 atom stereocenters. The van der Waals surface area contributed by atoms with Gasteiger partial charge in [-0.2, -0.15) is 0 Å². The Labute approximate surface area is 101 Å². The van der Waals surface area contributed by atoms with Crippen molar-refractivity contribution in [3.63, 3.8) is 0 Å². The fourth-order valence-electron chi connectivity index (χ4n) is 1.57. The van der Waals surface area contributed by atoms with Crippen molar-refractivity contribution in [1.29, 1.82) is 0 Å². The molecule has 0 unspecified atom stereocenters. The average Bonchev–Trinajstić information content (AvgIpc) is 2.57. The highest BCUT2D eigenvalue weighted by Crippen LogP contribution is 2.26. The van der Waals surface area contributed by atoms with E-state index >= 15 is 0 Å². The number of aromatic nitrogens is 1. The average molecular weight is 315 g/mol. The number of para-hydroxylation sites is 1. The third-order valence-electron chi connectivity index (χ3n) is 2.37. The number of ether oxygens (including phenoxy) is 1. The zero-order valence-electron chi connectivity index (χ0n) is 8.43. The molecule has 0 saturated carbocycles. The Balaban J connectivity index is 2.75. The zero-order valence-corrected chi connectivity index (χ0v) is 10.6. The number of hydrogen-bond acceptors (Lipinski definition) is 2. The van der Waals surface area contributed by atoms with Gasteiger partial charge in [0.15, 0.2) is 0 Å². The van der Waals surface area contributed by atoms with E-state index in [1.807, 2.05) is 25.1 Å². The van der Waals surface area contributed by atoms with Crippen LogP contribution >= 0.6 is 22.6 Å². The van der Waals surface area contributed by atoms with Crippen molar-refractivity contribution in [2.24, 2.45) is 0 Å². The van der Waals surface area contributed by atoms with Crippen LogP contribution in [0.3, 0.4) is 0 Å². The molecule has 0 spiro atoms. The Bertz CT molecular complexity index is 531. The number of hydrogen-bond donors (Lipinski definition) is 1. The first kappa shape index (κ1) is 10.5. The molecule has 3 nitrogen and oxygen atoms in total.